The van der Waals surface area contributed by atoms with Crippen molar-refractivity contribution in [1.29, 1.82) is 0 Å². The summed E-state index contributed by atoms with van der Waals surface area (Å²) >= 11 is 0. The summed E-state index contributed by atoms with van der Waals surface area (Å²) in [4.78, 5) is 13.1. The van der Waals surface area contributed by atoms with Gasteiger partial charge in [-0.2, -0.15) is 0 Å². The zero-order chi connectivity index (χ0) is 10.6. The molecule has 1 atom stereocenters. The van der Waals surface area contributed by atoms with Gasteiger partial charge in [0.25, 0.3) is 0 Å². The smallest absolute Gasteiger partial charge is 0.323 e. The molecule has 0 saturated carbocycles. The molecule has 1 saturated heterocycles. The van der Waals surface area contributed by atoms with Crippen LogP contribution in [-0.4, -0.2) is 46.3 Å². The van der Waals surface area contributed by atoms with Gasteiger partial charge in [0.2, 0.25) is 0 Å². The van der Waals surface area contributed by atoms with Crippen LogP contribution in [0, 0.1) is 0 Å². The van der Waals surface area contributed by atoms with Crippen molar-refractivity contribution in [3.8, 4) is 0 Å². The minimum Gasteiger partial charge on any atom is -0.480 e. The first-order valence-corrected chi connectivity index (χ1v) is 5.20. The lowest BCUT2D eigenvalue weighted by atomic mass is 9.99. The number of nitrogens with zero attached hydrogens (tertiary/aromatic N) is 1. The molecule has 0 bridgehead atoms. The Hall–Kier alpha value is -0.610. The number of carboxylic acid groups (broad SMARTS) is 1. The van der Waals surface area contributed by atoms with Crippen LogP contribution in [0.4, 0.5) is 0 Å². The fraction of sp³-hybridized carbons (Fsp3) is 0.900. The summed E-state index contributed by atoms with van der Waals surface area (Å²) in [6.45, 7) is 3.64. The molecular formula is C10H19NO3. The first kappa shape index (κ1) is 11.5. The highest BCUT2D eigenvalue weighted by Gasteiger charge is 2.42. The van der Waals surface area contributed by atoms with Crippen LogP contribution >= 0.6 is 0 Å². The maximum Gasteiger partial charge on any atom is 0.323 e. The van der Waals surface area contributed by atoms with Crippen molar-refractivity contribution in [3.63, 3.8) is 0 Å². The van der Waals surface area contributed by atoms with Crippen LogP contribution < -0.4 is 0 Å². The minimum atomic E-state index is -0.723. The van der Waals surface area contributed by atoms with Gasteiger partial charge in [0.05, 0.1) is 0 Å². The number of carboxylic acids is 1. The molecule has 1 heterocycles. The Morgan fingerprint density at radius 3 is 2.79 bits per heavy atom. The Labute approximate surface area is 84.5 Å². The summed E-state index contributed by atoms with van der Waals surface area (Å²) in [5, 5.41) is 17.8. The van der Waals surface area contributed by atoms with Crippen LogP contribution in [-0.2, 0) is 4.79 Å². The number of aliphatic hydroxyl groups is 1. The average molecular weight is 201 g/mol. The molecule has 4 nitrogen and oxygen atoms in total. The predicted molar refractivity (Wildman–Crippen MR) is 53.2 cm³/mol. The highest BCUT2D eigenvalue weighted by molar-refractivity contribution is 5.78. The van der Waals surface area contributed by atoms with Crippen LogP contribution in [0.5, 0.6) is 0 Å². The molecule has 1 unspecified atom stereocenters. The van der Waals surface area contributed by atoms with Crippen molar-refractivity contribution in [2.75, 3.05) is 19.7 Å². The number of unbranched alkanes of at least 4 members (excludes halogenated alkanes) is 1. The number of carbonyl (C=O) groups is 1. The van der Waals surface area contributed by atoms with E-state index < -0.39 is 11.5 Å². The zero-order valence-corrected chi connectivity index (χ0v) is 8.70. The second-order valence-electron chi connectivity index (χ2n) is 4.10. The third-order valence-electron chi connectivity index (χ3n) is 3.09. The molecule has 0 aromatic rings. The molecule has 1 rings (SSSR count). The van der Waals surface area contributed by atoms with Gasteiger partial charge in [-0.15, -0.1) is 0 Å². The molecule has 1 aliphatic heterocycles. The third-order valence-corrected chi connectivity index (χ3v) is 3.09. The van der Waals surface area contributed by atoms with E-state index in [-0.39, 0.29) is 6.61 Å². The van der Waals surface area contributed by atoms with Gasteiger partial charge in [0.1, 0.15) is 5.54 Å². The van der Waals surface area contributed by atoms with Gasteiger partial charge in [0.15, 0.2) is 0 Å². The van der Waals surface area contributed by atoms with Crippen LogP contribution in [0.2, 0.25) is 0 Å². The van der Waals surface area contributed by atoms with Gasteiger partial charge in [-0.3, -0.25) is 9.69 Å². The van der Waals surface area contributed by atoms with Gasteiger partial charge in [-0.05, 0) is 45.7 Å². The molecule has 0 amide bonds. The number of aliphatic carboxylic acids is 1. The van der Waals surface area contributed by atoms with Gasteiger partial charge in [0, 0.05) is 6.61 Å². The van der Waals surface area contributed by atoms with E-state index in [9.17, 15) is 4.79 Å². The quantitative estimate of drug-likeness (QED) is 0.643. The minimum absolute atomic E-state index is 0.192. The molecule has 1 fully saturated rings. The number of hydrogen-bond acceptors (Lipinski definition) is 3. The third kappa shape index (κ3) is 2.25. The lowest BCUT2D eigenvalue weighted by molar-refractivity contribution is -0.148. The molecule has 1 aliphatic rings. The maximum absolute atomic E-state index is 11.1. The van der Waals surface area contributed by atoms with E-state index in [1.54, 1.807) is 6.92 Å². The number of rotatable bonds is 5. The molecule has 4 heteroatoms. The highest BCUT2D eigenvalue weighted by Crippen LogP contribution is 2.29. The molecule has 82 valence electrons. The topological polar surface area (TPSA) is 60.8 Å². The molecule has 14 heavy (non-hydrogen) atoms. The Bertz CT molecular complexity index is 208. The zero-order valence-electron chi connectivity index (χ0n) is 8.70. The van der Waals surface area contributed by atoms with Crippen molar-refractivity contribution in [1.82, 2.24) is 4.90 Å². The molecule has 0 radical (unpaired) electrons. The van der Waals surface area contributed by atoms with E-state index in [4.69, 9.17) is 10.2 Å². The van der Waals surface area contributed by atoms with Crippen LogP contribution in [0.3, 0.4) is 0 Å². The Morgan fingerprint density at radius 1 is 1.50 bits per heavy atom. The second-order valence-corrected chi connectivity index (χ2v) is 4.10. The normalized spacial score (nSPS) is 28.1. The summed E-state index contributed by atoms with van der Waals surface area (Å²) < 4.78 is 0. The van der Waals surface area contributed by atoms with E-state index in [1.165, 1.54) is 0 Å². The second kappa shape index (κ2) is 4.75. The molecule has 2 N–H and O–H groups in total. The van der Waals surface area contributed by atoms with Crippen molar-refractivity contribution in [2.24, 2.45) is 0 Å². The number of hydrogen-bond donors (Lipinski definition) is 2. The molecule has 0 spiro atoms. The number of likely N-dealkylation sites (tertiary alicyclic amines) is 1. The van der Waals surface area contributed by atoms with E-state index in [1.807, 2.05) is 4.90 Å². The van der Waals surface area contributed by atoms with Crippen LogP contribution in [0.25, 0.3) is 0 Å². The first-order chi connectivity index (χ1) is 6.61. The largest absolute Gasteiger partial charge is 0.480 e. The van der Waals surface area contributed by atoms with Gasteiger partial charge >= 0.3 is 5.97 Å². The highest BCUT2D eigenvalue weighted by atomic mass is 16.4. The molecular weight excluding hydrogens is 182 g/mol. The summed E-state index contributed by atoms with van der Waals surface area (Å²) in [5.41, 5.74) is -0.671. The Morgan fingerprint density at radius 2 is 2.21 bits per heavy atom. The fourth-order valence-corrected chi connectivity index (χ4v) is 2.03. The van der Waals surface area contributed by atoms with E-state index in [0.717, 1.165) is 38.8 Å². The number of aliphatic hydroxyl groups excluding tert-OH is 1. The monoisotopic (exact) mass is 201 g/mol. The lowest BCUT2D eigenvalue weighted by Crippen LogP contribution is -2.48. The van der Waals surface area contributed by atoms with Crippen molar-refractivity contribution < 1.29 is 15.0 Å². The average Bonchev–Trinajstić information content (AvgIpc) is 2.50. The summed E-state index contributed by atoms with van der Waals surface area (Å²) in [5.74, 6) is -0.723. The van der Waals surface area contributed by atoms with E-state index >= 15 is 0 Å². The standard InChI is InChI=1S/C10H19NO3/c1-10(9(13)14)5-4-7-11(10)6-2-3-8-12/h12H,2-8H2,1H3,(H,13,14). The summed E-state index contributed by atoms with van der Waals surface area (Å²) in [7, 11) is 0. The van der Waals surface area contributed by atoms with Gasteiger partial charge in [-0.1, -0.05) is 0 Å². The first-order valence-electron chi connectivity index (χ1n) is 5.20. The van der Waals surface area contributed by atoms with Crippen molar-refractivity contribution in [2.45, 2.75) is 38.1 Å². The fourth-order valence-electron chi connectivity index (χ4n) is 2.03. The predicted octanol–water partition coefficient (Wildman–Crippen LogP) is 0.698. The van der Waals surface area contributed by atoms with E-state index in [2.05, 4.69) is 0 Å². The van der Waals surface area contributed by atoms with Crippen molar-refractivity contribution >= 4 is 5.97 Å². The lowest BCUT2D eigenvalue weighted by Gasteiger charge is -2.30. The summed E-state index contributed by atoms with van der Waals surface area (Å²) in [6, 6.07) is 0. The van der Waals surface area contributed by atoms with E-state index in [0.29, 0.717) is 0 Å². The molecule has 0 aromatic heterocycles. The van der Waals surface area contributed by atoms with Crippen molar-refractivity contribution in [3.05, 3.63) is 0 Å². The van der Waals surface area contributed by atoms with Gasteiger partial charge < -0.3 is 10.2 Å². The molecule has 0 aromatic carbocycles. The maximum atomic E-state index is 11.1. The van der Waals surface area contributed by atoms with Crippen LogP contribution in [0.15, 0.2) is 0 Å². The Balaban J connectivity index is 2.46. The SMILES string of the molecule is CC1(C(=O)O)CCCN1CCCCO. The summed E-state index contributed by atoms with van der Waals surface area (Å²) in [6.07, 6.45) is 3.33. The molecule has 0 aliphatic carbocycles. The Kier molecular flexibility index (Phi) is 3.89. The van der Waals surface area contributed by atoms with Gasteiger partial charge in [-0.25, -0.2) is 0 Å². The van der Waals surface area contributed by atoms with Crippen LogP contribution in [0.1, 0.15) is 32.6 Å².